The second-order valence-electron chi connectivity index (χ2n) is 13.7. The lowest BCUT2D eigenvalue weighted by Crippen LogP contribution is -2.17. The van der Waals surface area contributed by atoms with E-state index in [1.807, 2.05) is 23.5 Å². The van der Waals surface area contributed by atoms with E-state index < -0.39 is 0 Å². The Balaban J connectivity index is 1.15. The third-order valence-corrected chi connectivity index (χ3v) is 13.3. The smallest absolute Gasteiger partial charge is 0.0544 e. The second-order valence-corrected chi connectivity index (χ2v) is 15.9. The molecule has 49 heavy (non-hydrogen) atoms. The van der Waals surface area contributed by atoms with Gasteiger partial charge in [-0.15, -0.1) is 0 Å². The Morgan fingerprint density at radius 1 is 0.429 bits per heavy atom. The molecule has 3 heterocycles. The molecule has 2 nitrogen and oxygen atoms in total. The second kappa shape index (κ2) is 9.94. The van der Waals surface area contributed by atoms with Gasteiger partial charge >= 0.3 is 0 Å². The van der Waals surface area contributed by atoms with E-state index >= 15 is 0 Å². The molecule has 0 atom stereocenters. The molecule has 0 unspecified atom stereocenters. The molecule has 0 saturated carbocycles. The van der Waals surface area contributed by atoms with Crippen LogP contribution in [0.4, 0.5) is 0 Å². The van der Waals surface area contributed by atoms with Gasteiger partial charge in [0, 0.05) is 57.9 Å². The van der Waals surface area contributed by atoms with Gasteiger partial charge in [0.05, 0.1) is 22.1 Å². The Morgan fingerprint density at radius 3 is 1.80 bits per heavy atom. The van der Waals surface area contributed by atoms with E-state index in [9.17, 15) is 0 Å². The van der Waals surface area contributed by atoms with Gasteiger partial charge in [0.25, 0.3) is 0 Å². The van der Waals surface area contributed by atoms with Crippen molar-refractivity contribution in [2.75, 3.05) is 0 Å². The Bertz CT molecular complexity index is 2860. The normalized spacial score (nSPS) is 14.3. The molecular weight excluding hydrogens is 633 g/mol. The Morgan fingerprint density at radius 2 is 1.04 bits per heavy atom. The number of para-hydroxylation sites is 3. The molecule has 7 aromatic carbocycles. The van der Waals surface area contributed by atoms with Crippen LogP contribution in [0.2, 0.25) is 0 Å². The Kier molecular flexibility index (Phi) is 5.63. The van der Waals surface area contributed by atoms with Gasteiger partial charge in [-0.05, 0) is 95.1 Å². The molecule has 2 aliphatic rings. The molecule has 0 bridgehead atoms. The summed E-state index contributed by atoms with van der Waals surface area (Å²) in [5.41, 5.74) is 12.8. The first-order valence-electron chi connectivity index (χ1n) is 16.9. The standard InChI is InChI=1S/C45H30N2S2/c1-45(2)35-26-39-34(25-32(35)31-21-23-42-44(43(31)45)49-41-19-11-10-18-40(41)48-42)30-15-7-9-17-37(30)47(39)28-20-22-38-33(24-28)29-14-6-8-16-36(29)46(38)27-12-4-3-5-13-27/h3-26H,1-2H3. The summed E-state index contributed by atoms with van der Waals surface area (Å²) >= 11 is 3.85. The minimum Gasteiger partial charge on any atom is -0.309 e. The van der Waals surface area contributed by atoms with Crippen LogP contribution < -0.4 is 0 Å². The van der Waals surface area contributed by atoms with Crippen molar-refractivity contribution in [1.82, 2.24) is 9.13 Å². The van der Waals surface area contributed by atoms with Crippen molar-refractivity contribution in [2.45, 2.75) is 38.8 Å². The predicted molar refractivity (Wildman–Crippen MR) is 207 cm³/mol. The monoisotopic (exact) mass is 662 g/mol. The van der Waals surface area contributed by atoms with Crippen LogP contribution in [0.5, 0.6) is 0 Å². The van der Waals surface area contributed by atoms with Crippen LogP contribution >= 0.6 is 23.5 Å². The zero-order chi connectivity index (χ0) is 32.4. The lowest BCUT2D eigenvalue weighted by molar-refractivity contribution is 0.643. The van der Waals surface area contributed by atoms with Crippen LogP contribution in [0.25, 0.3) is 66.1 Å². The molecular formula is C45H30N2S2. The highest BCUT2D eigenvalue weighted by molar-refractivity contribution is 8.05. The minimum absolute atomic E-state index is 0.140. The van der Waals surface area contributed by atoms with Crippen molar-refractivity contribution < 1.29 is 0 Å². The van der Waals surface area contributed by atoms with Crippen LogP contribution in [0.15, 0.2) is 165 Å². The fourth-order valence-corrected chi connectivity index (χ4v) is 11.1. The van der Waals surface area contributed by atoms with Gasteiger partial charge in [0.15, 0.2) is 0 Å². The number of fused-ring (bicyclic) bond motifs is 12. The number of nitrogens with zero attached hydrogens (tertiary/aromatic N) is 2. The van der Waals surface area contributed by atoms with E-state index in [2.05, 4.69) is 169 Å². The van der Waals surface area contributed by atoms with Crippen LogP contribution in [-0.4, -0.2) is 9.13 Å². The van der Waals surface area contributed by atoms with E-state index in [1.54, 1.807) is 0 Å². The molecule has 0 amide bonds. The number of hydrogen-bond acceptors (Lipinski definition) is 2. The topological polar surface area (TPSA) is 9.86 Å². The highest BCUT2D eigenvalue weighted by atomic mass is 32.2. The molecule has 0 fully saturated rings. The first-order chi connectivity index (χ1) is 24.1. The van der Waals surface area contributed by atoms with Gasteiger partial charge in [-0.3, -0.25) is 0 Å². The van der Waals surface area contributed by atoms with Gasteiger partial charge in [-0.25, -0.2) is 0 Å². The summed E-state index contributed by atoms with van der Waals surface area (Å²) in [6.07, 6.45) is 0. The highest BCUT2D eigenvalue weighted by Crippen LogP contribution is 2.59. The zero-order valence-electron chi connectivity index (χ0n) is 27.1. The molecule has 0 radical (unpaired) electrons. The Labute approximate surface area is 293 Å². The van der Waals surface area contributed by atoms with Gasteiger partial charge < -0.3 is 9.13 Å². The maximum atomic E-state index is 2.50. The van der Waals surface area contributed by atoms with Gasteiger partial charge in [-0.2, -0.15) is 0 Å². The van der Waals surface area contributed by atoms with Crippen molar-refractivity contribution >= 4 is 67.1 Å². The van der Waals surface area contributed by atoms with Crippen molar-refractivity contribution in [1.29, 1.82) is 0 Å². The van der Waals surface area contributed by atoms with E-state index in [4.69, 9.17) is 0 Å². The van der Waals surface area contributed by atoms with Crippen molar-refractivity contribution in [3.8, 4) is 22.5 Å². The molecule has 2 aromatic heterocycles. The minimum atomic E-state index is -0.140. The lowest BCUT2D eigenvalue weighted by atomic mass is 9.82. The van der Waals surface area contributed by atoms with Crippen molar-refractivity contribution in [3.63, 3.8) is 0 Å². The van der Waals surface area contributed by atoms with Crippen LogP contribution in [0, 0.1) is 0 Å². The highest BCUT2D eigenvalue weighted by Gasteiger charge is 2.40. The average Bonchev–Trinajstić information content (AvgIpc) is 3.73. The molecule has 232 valence electrons. The lowest BCUT2D eigenvalue weighted by Gasteiger charge is -2.28. The molecule has 1 aliphatic heterocycles. The maximum Gasteiger partial charge on any atom is 0.0544 e. The average molecular weight is 663 g/mol. The predicted octanol–water partition coefficient (Wildman–Crippen LogP) is 12.8. The third-order valence-electron chi connectivity index (χ3n) is 10.7. The summed E-state index contributed by atoms with van der Waals surface area (Å²) in [5.74, 6) is 0. The number of rotatable bonds is 2. The SMILES string of the molecule is CC1(C)c2cc3c(cc2-c2ccc4c(c21)Sc1ccccc1S4)c1ccccc1n3-c1ccc2c(c1)c1ccccc1n2-c1ccccc1. The first kappa shape index (κ1) is 27.8. The molecule has 9 aromatic rings. The van der Waals surface area contributed by atoms with E-state index in [0.717, 1.165) is 0 Å². The van der Waals surface area contributed by atoms with E-state index in [1.165, 1.54) is 96.8 Å². The maximum absolute atomic E-state index is 2.50. The number of hydrogen-bond donors (Lipinski definition) is 0. The van der Waals surface area contributed by atoms with E-state index in [-0.39, 0.29) is 5.41 Å². The molecule has 11 rings (SSSR count). The van der Waals surface area contributed by atoms with Crippen molar-refractivity contribution in [2.24, 2.45) is 0 Å². The largest absolute Gasteiger partial charge is 0.309 e. The molecule has 0 spiro atoms. The summed E-state index contributed by atoms with van der Waals surface area (Å²) in [5, 5.41) is 5.12. The molecule has 0 N–H and O–H groups in total. The zero-order valence-corrected chi connectivity index (χ0v) is 28.7. The van der Waals surface area contributed by atoms with Crippen LogP contribution in [0.3, 0.4) is 0 Å². The summed E-state index contributed by atoms with van der Waals surface area (Å²) in [4.78, 5) is 5.49. The van der Waals surface area contributed by atoms with Gasteiger partial charge in [0.1, 0.15) is 0 Å². The first-order valence-corrected chi connectivity index (χ1v) is 18.5. The number of benzene rings is 7. The molecule has 1 aliphatic carbocycles. The third kappa shape index (κ3) is 3.76. The summed E-state index contributed by atoms with van der Waals surface area (Å²) in [6, 6.07) is 54.0. The van der Waals surface area contributed by atoms with Crippen molar-refractivity contribution in [3.05, 3.63) is 157 Å². The number of aromatic nitrogens is 2. The Hall–Kier alpha value is -5.16. The summed E-state index contributed by atoms with van der Waals surface area (Å²) in [6.45, 7) is 4.85. The van der Waals surface area contributed by atoms with Gasteiger partial charge in [-0.1, -0.05) is 110 Å². The molecule has 0 saturated heterocycles. The van der Waals surface area contributed by atoms with Crippen LogP contribution in [0.1, 0.15) is 25.0 Å². The summed E-state index contributed by atoms with van der Waals surface area (Å²) in [7, 11) is 0. The summed E-state index contributed by atoms with van der Waals surface area (Å²) < 4.78 is 4.89. The fraction of sp³-hybridized carbons (Fsp3) is 0.0667. The fourth-order valence-electron chi connectivity index (χ4n) is 8.56. The van der Waals surface area contributed by atoms with Gasteiger partial charge in [0.2, 0.25) is 0 Å². The molecule has 4 heteroatoms. The van der Waals surface area contributed by atoms with E-state index in [0.29, 0.717) is 0 Å². The quantitative estimate of drug-likeness (QED) is 0.182. The van der Waals surface area contributed by atoms with Crippen LogP contribution in [-0.2, 0) is 5.41 Å².